The lowest BCUT2D eigenvalue weighted by atomic mass is 10.2. The van der Waals surface area contributed by atoms with Crippen molar-refractivity contribution >= 4 is 5.84 Å². The first-order valence-corrected chi connectivity index (χ1v) is 5.06. The second-order valence-electron chi connectivity index (χ2n) is 3.49. The van der Waals surface area contributed by atoms with E-state index in [1.165, 1.54) is 0 Å². The van der Waals surface area contributed by atoms with E-state index in [4.69, 9.17) is 15.7 Å². The summed E-state index contributed by atoms with van der Waals surface area (Å²) in [6.45, 7) is 5.59. The van der Waals surface area contributed by atoms with Crippen molar-refractivity contribution < 1.29 is 9.94 Å². The Kier molecular flexibility index (Phi) is 4.69. The largest absolute Gasteiger partial charge is 0.409 e. The van der Waals surface area contributed by atoms with Crippen LogP contribution in [0.25, 0.3) is 0 Å². The minimum Gasteiger partial charge on any atom is -0.409 e. The Labute approximate surface area is 84.5 Å². The predicted molar refractivity (Wildman–Crippen MR) is 54.5 cm³/mol. The van der Waals surface area contributed by atoms with Gasteiger partial charge in [-0.05, 0) is 13.0 Å². The average Bonchev–Trinajstić information content (AvgIpc) is 2.72. The van der Waals surface area contributed by atoms with E-state index < -0.39 is 0 Å². The second kappa shape index (κ2) is 5.82. The normalized spacial score (nSPS) is 23.3. The topological polar surface area (TPSA) is 71.1 Å². The van der Waals surface area contributed by atoms with Crippen LogP contribution in [0.3, 0.4) is 0 Å². The molecular weight excluding hydrogens is 182 g/mol. The van der Waals surface area contributed by atoms with Gasteiger partial charge in [-0.25, -0.2) is 0 Å². The van der Waals surface area contributed by atoms with Gasteiger partial charge in [0.25, 0.3) is 0 Å². The SMILES string of the molecule is CCN(CCC(N)=NO)C1CCOC1. The highest BCUT2D eigenvalue weighted by atomic mass is 16.5. The summed E-state index contributed by atoms with van der Waals surface area (Å²) in [6.07, 6.45) is 1.70. The smallest absolute Gasteiger partial charge is 0.140 e. The van der Waals surface area contributed by atoms with Gasteiger partial charge in [0.15, 0.2) is 0 Å². The highest BCUT2D eigenvalue weighted by Gasteiger charge is 2.21. The molecule has 3 N–H and O–H groups in total. The first-order chi connectivity index (χ1) is 6.77. The predicted octanol–water partition coefficient (Wildman–Crippen LogP) is 0.234. The van der Waals surface area contributed by atoms with E-state index in [0.717, 1.165) is 32.7 Å². The first-order valence-electron chi connectivity index (χ1n) is 5.06. The maximum absolute atomic E-state index is 8.41. The highest BCUT2D eigenvalue weighted by molar-refractivity contribution is 5.79. The molecule has 0 aromatic heterocycles. The molecule has 1 rings (SSSR count). The van der Waals surface area contributed by atoms with Gasteiger partial charge in [-0.2, -0.15) is 0 Å². The van der Waals surface area contributed by atoms with Gasteiger partial charge in [0.1, 0.15) is 5.84 Å². The van der Waals surface area contributed by atoms with Crippen molar-refractivity contribution in [2.24, 2.45) is 10.9 Å². The lowest BCUT2D eigenvalue weighted by molar-refractivity contribution is 0.149. The number of nitrogens with zero attached hydrogens (tertiary/aromatic N) is 2. The zero-order valence-corrected chi connectivity index (χ0v) is 8.65. The molecule has 0 bridgehead atoms. The van der Waals surface area contributed by atoms with E-state index in [1.807, 2.05) is 0 Å². The molecule has 5 heteroatoms. The molecular formula is C9H19N3O2. The van der Waals surface area contributed by atoms with Gasteiger partial charge in [0.2, 0.25) is 0 Å². The van der Waals surface area contributed by atoms with E-state index in [1.54, 1.807) is 0 Å². The lowest BCUT2D eigenvalue weighted by Crippen LogP contribution is -2.37. The van der Waals surface area contributed by atoms with Crippen molar-refractivity contribution in [1.29, 1.82) is 0 Å². The molecule has 0 aliphatic carbocycles. The number of nitrogens with two attached hydrogens (primary N) is 1. The zero-order valence-electron chi connectivity index (χ0n) is 8.65. The van der Waals surface area contributed by atoms with E-state index in [-0.39, 0.29) is 0 Å². The third-order valence-electron chi connectivity index (χ3n) is 2.61. The van der Waals surface area contributed by atoms with Crippen LogP contribution in [0.4, 0.5) is 0 Å². The summed E-state index contributed by atoms with van der Waals surface area (Å²) in [5, 5.41) is 11.4. The molecule has 1 atom stereocenters. The quantitative estimate of drug-likeness (QED) is 0.289. The first kappa shape index (κ1) is 11.3. The molecule has 82 valence electrons. The molecule has 0 spiro atoms. The van der Waals surface area contributed by atoms with Crippen molar-refractivity contribution in [1.82, 2.24) is 4.90 Å². The number of amidine groups is 1. The van der Waals surface area contributed by atoms with Gasteiger partial charge in [0, 0.05) is 25.6 Å². The van der Waals surface area contributed by atoms with Crippen LogP contribution < -0.4 is 5.73 Å². The standard InChI is InChI=1S/C9H19N3O2/c1-2-12(5-3-9(10)11-13)8-4-6-14-7-8/h8,13H,2-7H2,1H3,(H2,10,11). The van der Waals surface area contributed by atoms with Gasteiger partial charge < -0.3 is 15.7 Å². The number of hydrogen-bond acceptors (Lipinski definition) is 4. The summed E-state index contributed by atoms with van der Waals surface area (Å²) in [5.41, 5.74) is 5.42. The lowest BCUT2D eigenvalue weighted by Gasteiger charge is -2.25. The Balaban J connectivity index is 2.30. The van der Waals surface area contributed by atoms with Gasteiger partial charge in [-0.1, -0.05) is 12.1 Å². The van der Waals surface area contributed by atoms with E-state index in [0.29, 0.717) is 18.3 Å². The number of rotatable bonds is 5. The number of likely N-dealkylation sites (N-methyl/N-ethyl adjacent to an activating group) is 1. The number of hydrogen-bond donors (Lipinski definition) is 2. The van der Waals surface area contributed by atoms with Crippen LogP contribution in [0.15, 0.2) is 5.16 Å². The van der Waals surface area contributed by atoms with Crippen LogP contribution in [0.1, 0.15) is 19.8 Å². The summed E-state index contributed by atoms with van der Waals surface area (Å²) in [6, 6.07) is 0.506. The van der Waals surface area contributed by atoms with E-state index in [2.05, 4.69) is 17.0 Å². The van der Waals surface area contributed by atoms with Crippen LogP contribution in [-0.2, 0) is 4.74 Å². The minimum atomic E-state index is 0.294. The van der Waals surface area contributed by atoms with Gasteiger partial charge in [0.05, 0.1) is 6.61 Å². The molecule has 1 heterocycles. The Morgan fingerprint density at radius 2 is 2.50 bits per heavy atom. The Hall–Kier alpha value is -0.810. The van der Waals surface area contributed by atoms with E-state index in [9.17, 15) is 0 Å². The summed E-state index contributed by atoms with van der Waals surface area (Å²) < 4.78 is 5.32. The van der Waals surface area contributed by atoms with Crippen molar-refractivity contribution in [2.75, 3.05) is 26.3 Å². The number of ether oxygens (including phenoxy) is 1. The van der Waals surface area contributed by atoms with Crippen molar-refractivity contribution in [2.45, 2.75) is 25.8 Å². The fourth-order valence-corrected chi connectivity index (χ4v) is 1.72. The fraction of sp³-hybridized carbons (Fsp3) is 0.889. The third-order valence-corrected chi connectivity index (χ3v) is 2.61. The van der Waals surface area contributed by atoms with Gasteiger partial charge >= 0.3 is 0 Å². The Bertz CT molecular complexity index is 190. The molecule has 1 saturated heterocycles. The molecule has 0 amide bonds. The molecule has 1 aliphatic heterocycles. The van der Waals surface area contributed by atoms with Crippen molar-refractivity contribution in [3.8, 4) is 0 Å². The highest BCUT2D eigenvalue weighted by Crippen LogP contribution is 2.12. The van der Waals surface area contributed by atoms with Crippen molar-refractivity contribution in [3.63, 3.8) is 0 Å². The summed E-state index contributed by atoms with van der Waals surface area (Å²) in [4.78, 5) is 2.31. The molecule has 0 radical (unpaired) electrons. The molecule has 1 unspecified atom stereocenters. The number of oxime groups is 1. The molecule has 0 saturated carbocycles. The van der Waals surface area contributed by atoms with Crippen LogP contribution in [0.5, 0.6) is 0 Å². The van der Waals surface area contributed by atoms with Crippen LogP contribution in [-0.4, -0.2) is 48.3 Å². The second-order valence-corrected chi connectivity index (χ2v) is 3.49. The molecule has 14 heavy (non-hydrogen) atoms. The molecule has 1 fully saturated rings. The third kappa shape index (κ3) is 3.16. The zero-order chi connectivity index (χ0) is 10.4. The monoisotopic (exact) mass is 201 g/mol. The van der Waals surface area contributed by atoms with Gasteiger partial charge in [-0.15, -0.1) is 0 Å². The molecule has 0 aromatic carbocycles. The van der Waals surface area contributed by atoms with Crippen LogP contribution in [0, 0.1) is 0 Å². The molecule has 1 aliphatic rings. The van der Waals surface area contributed by atoms with Crippen LogP contribution >= 0.6 is 0 Å². The van der Waals surface area contributed by atoms with Gasteiger partial charge in [-0.3, -0.25) is 4.90 Å². The fourth-order valence-electron chi connectivity index (χ4n) is 1.72. The minimum absolute atomic E-state index is 0.294. The molecule has 5 nitrogen and oxygen atoms in total. The summed E-state index contributed by atoms with van der Waals surface area (Å²) in [5.74, 6) is 0.294. The average molecular weight is 201 g/mol. The summed E-state index contributed by atoms with van der Waals surface area (Å²) >= 11 is 0. The maximum atomic E-state index is 8.41. The molecule has 0 aromatic rings. The maximum Gasteiger partial charge on any atom is 0.140 e. The Morgan fingerprint density at radius 3 is 3.00 bits per heavy atom. The summed E-state index contributed by atoms with van der Waals surface area (Å²) in [7, 11) is 0. The van der Waals surface area contributed by atoms with Crippen molar-refractivity contribution in [3.05, 3.63) is 0 Å². The van der Waals surface area contributed by atoms with Crippen LogP contribution in [0.2, 0.25) is 0 Å². The Morgan fingerprint density at radius 1 is 1.71 bits per heavy atom. The van der Waals surface area contributed by atoms with E-state index >= 15 is 0 Å².